The van der Waals surface area contributed by atoms with E-state index < -0.39 is 0 Å². The number of hydrogen-bond donors (Lipinski definition) is 1. The maximum atomic E-state index is 12.3. The lowest BCUT2D eigenvalue weighted by atomic mass is 9.81. The quantitative estimate of drug-likeness (QED) is 0.823. The number of carbonyl (C=O) groups excluding carboxylic acids is 1. The average molecular weight is 331 g/mol. The van der Waals surface area contributed by atoms with Crippen molar-refractivity contribution in [2.45, 2.75) is 33.1 Å². The van der Waals surface area contributed by atoms with Crippen LogP contribution in [0, 0.1) is 11.3 Å². The summed E-state index contributed by atoms with van der Waals surface area (Å²) in [5.74, 6) is 0.184. The predicted molar refractivity (Wildman–Crippen MR) is 78.9 cm³/mol. The normalized spacial score (nSPS) is 21.9. The minimum absolute atomic E-state index is 0.0865. The molecule has 0 aliphatic heterocycles. The number of amides is 1. The van der Waals surface area contributed by atoms with Gasteiger partial charge in [0.1, 0.15) is 0 Å². The van der Waals surface area contributed by atoms with Crippen molar-refractivity contribution >= 4 is 39.1 Å². The molecule has 1 atom stereocenters. The summed E-state index contributed by atoms with van der Waals surface area (Å²) in [6.07, 6.45) is 3.21. The molecule has 1 aliphatic rings. The maximum Gasteiger partial charge on any atom is 0.228 e. The Morgan fingerprint density at radius 3 is 2.83 bits per heavy atom. The number of carbonyl (C=O) groups is 1. The predicted octanol–water partition coefficient (Wildman–Crippen LogP) is 4.87. The molecule has 1 aromatic rings. The third-order valence-corrected chi connectivity index (χ3v) is 5.18. The van der Waals surface area contributed by atoms with Crippen molar-refractivity contribution in [3.05, 3.63) is 27.7 Å². The molecule has 1 saturated carbocycles. The average Bonchev–Trinajstić information content (AvgIpc) is 2.65. The molecule has 2 rings (SSSR count). The first-order valence-corrected chi connectivity index (χ1v) is 7.34. The van der Waals surface area contributed by atoms with E-state index in [1.807, 2.05) is 12.1 Å². The zero-order valence-electron chi connectivity index (χ0n) is 10.6. The smallest absolute Gasteiger partial charge is 0.228 e. The van der Waals surface area contributed by atoms with Crippen LogP contribution in [0.15, 0.2) is 22.7 Å². The number of halogens is 2. The molecule has 1 N–H and O–H groups in total. The van der Waals surface area contributed by atoms with Gasteiger partial charge < -0.3 is 5.32 Å². The monoisotopic (exact) mass is 329 g/mol. The first-order valence-electron chi connectivity index (χ1n) is 6.17. The Balaban J connectivity index is 2.15. The molecular formula is C14H17BrClNO. The molecule has 0 spiro atoms. The van der Waals surface area contributed by atoms with E-state index in [2.05, 4.69) is 35.1 Å². The van der Waals surface area contributed by atoms with Crippen molar-refractivity contribution < 1.29 is 4.79 Å². The molecule has 4 heteroatoms. The van der Waals surface area contributed by atoms with Gasteiger partial charge in [0, 0.05) is 5.92 Å². The second-order valence-electron chi connectivity index (χ2n) is 5.52. The summed E-state index contributed by atoms with van der Waals surface area (Å²) < 4.78 is 0.746. The number of anilines is 1. The fraction of sp³-hybridized carbons (Fsp3) is 0.500. The van der Waals surface area contributed by atoms with E-state index in [1.54, 1.807) is 6.07 Å². The number of benzene rings is 1. The van der Waals surface area contributed by atoms with Gasteiger partial charge in [-0.1, -0.05) is 37.9 Å². The summed E-state index contributed by atoms with van der Waals surface area (Å²) in [6.45, 7) is 4.33. The fourth-order valence-electron chi connectivity index (χ4n) is 2.63. The highest BCUT2D eigenvalue weighted by atomic mass is 79.9. The molecule has 1 aliphatic carbocycles. The summed E-state index contributed by atoms with van der Waals surface area (Å²) in [7, 11) is 0. The molecule has 18 heavy (non-hydrogen) atoms. The van der Waals surface area contributed by atoms with Crippen LogP contribution in [-0.4, -0.2) is 5.91 Å². The van der Waals surface area contributed by atoms with E-state index in [1.165, 1.54) is 0 Å². The van der Waals surface area contributed by atoms with Crippen molar-refractivity contribution in [2.75, 3.05) is 5.32 Å². The molecule has 0 aromatic heterocycles. The van der Waals surface area contributed by atoms with E-state index in [0.717, 1.165) is 29.4 Å². The Morgan fingerprint density at radius 2 is 2.22 bits per heavy atom. The Hall–Kier alpha value is -0.540. The molecule has 98 valence electrons. The van der Waals surface area contributed by atoms with Gasteiger partial charge in [-0.15, -0.1) is 0 Å². The van der Waals surface area contributed by atoms with Gasteiger partial charge in [0.05, 0.1) is 15.2 Å². The summed E-state index contributed by atoms with van der Waals surface area (Å²) in [5.41, 5.74) is 0.838. The minimum atomic E-state index is 0.0865. The highest BCUT2D eigenvalue weighted by Crippen LogP contribution is 2.43. The zero-order valence-corrected chi connectivity index (χ0v) is 12.9. The SMILES string of the molecule is CC1(C)CCCC1C(=O)Nc1cccc(Cl)c1Br. The lowest BCUT2D eigenvalue weighted by Crippen LogP contribution is -2.30. The molecule has 2 nitrogen and oxygen atoms in total. The Morgan fingerprint density at radius 1 is 1.50 bits per heavy atom. The Kier molecular flexibility index (Phi) is 4.02. The number of nitrogens with one attached hydrogen (secondary N) is 1. The van der Waals surface area contributed by atoms with Crippen LogP contribution in [0.3, 0.4) is 0 Å². The number of hydrogen-bond acceptors (Lipinski definition) is 1. The van der Waals surface area contributed by atoms with E-state index in [9.17, 15) is 4.79 Å². The van der Waals surface area contributed by atoms with E-state index in [-0.39, 0.29) is 17.2 Å². The van der Waals surface area contributed by atoms with Crippen LogP contribution in [0.5, 0.6) is 0 Å². The van der Waals surface area contributed by atoms with Crippen LogP contribution < -0.4 is 5.32 Å². The van der Waals surface area contributed by atoms with Gasteiger partial charge in [0.25, 0.3) is 0 Å². The lowest BCUT2D eigenvalue weighted by molar-refractivity contribution is -0.122. The Bertz CT molecular complexity index is 473. The summed E-state index contributed by atoms with van der Waals surface area (Å²) >= 11 is 9.41. The molecule has 1 amide bonds. The van der Waals surface area contributed by atoms with Crippen LogP contribution in [0.1, 0.15) is 33.1 Å². The standard InChI is InChI=1S/C14H17BrClNO/c1-14(2)8-4-5-9(14)13(18)17-11-7-3-6-10(16)12(11)15/h3,6-7,9H,4-5,8H2,1-2H3,(H,17,18). The molecule has 1 fully saturated rings. The molecule has 1 unspecified atom stereocenters. The van der Waals surface area contributed by atoms with Gasteiger partial charge in [-0.2, -0.15) is 0 Å². The van der Waals surface area contributed by atoms with Crippen LogP contribution in [0.2, 0.25) is 5.02 Å². The lowest BCUT2D eigenvalue weighted by Gasteiger charge is -2.26. The summed E-state index contributed by atoms with van der Waals surface area (Å²) in [6, 6.07) is 5.49. The fourth-order valence-corrected chi connectivity index (χ4v) is 3.17. The molecule has 0 radical (unpaired) electrons. The van der Waals surface area contributed by atoms with Gasteiger partial charge in [-0.05, 0) is 46.3 Å². The van der Waals surface area contributed by atoms with Crippen LogP contribution in [0.25, 0.3) is 0 Å². The highest BCUT2D eigenvalue weighted by Gasteiger charge is 2.39. The van der Waals surface area contributed by atoms with Crippen molar-refractivity contribution in [3.8, 4) is 0 Å². The van der Waals surface area contributed by atoms with Gasteiger partial charge in [0.15, 0.2) is 0 Å². The first kappa shape index (κ1) is 13.9. The van der Waals surface area contributed by atoms with Gasteiger partial charge in [-0.25, -0.2) is 0 Å². The van der Waals surface area contributed by atoms with Crippen molar-refractivity contribution in [2.24, 2.45) is 11.3 Å². The van der Waals surface area contributed by atoms with Crippen molar-refractivity contribution in [1.29, 1.82) is 0 Å². The maximum absolute atomic E-state index is 12.3. The molecule has 0 bridgehead atoms. The molecular weight excluding hydrogens is 314 g/mol. The van der Waals surface area contributed by atoms with Crippen molar-refractivity contribution in [1.82, 2.24) is 0 Å². The van der Waals surface area contributed by atoms with Gasteiger partial charge in [-0.3, -0.25) is 4.79 Å². The van der Waals surface area contributed by atoms with Gasteiger partial charge >= 0.3 is 0 Å². The van der Waals surface area contributed by atoms with Crippen LogP contribution in [-0.2, 0) is 4.79 Å². The third-order valence-electron chi connectivity index (χ3n) is 3.78. The summed E-state index contributed by atoms with van der Waals surface area (Å²) in [5, 5.41) is 3.59. The molecule has 1 aromatic carbocycles. The van der Waals surface area contributed by atoms with E-state index in [4.69, 9.17) is 11.6 Å². The molecule has 0 saturated heterocycles. The largest absolute Gasteiger partial charge is 0.325 e. The van der Waals surface area contributed by atoms with E-state index in [0.29, 0.717) is 5.02 Å². The Labute approximate surface area is 121 Å². The van der Waals surface area contributed by atoms with Gasteiger partial charge in [0.2, 0.25) is 5.91 Å². The summed E-state index contributed by atoms with van der Waals surface area (Å²) in [4.78, 5) is 12.3. The third kappa shape index (κ3) is 2.72. The zero-order chi connectivity index (χ0) is 13.3. The molecule has 0 heterocycles. The topological polar surface area (TPSA) is 29.1 Å². The first-order chi connectivity index (χ1) is 8.42. The highest BCUT2D eigenvalue weighted by molar-refractivity contribution is 9.10. The van der Waals surface area contributed by atoms with Crippen molar-refractivity contribution in [3.63, 3.8) is 0 Å². The second-order valence-corrected chi connectivity index (χ2v) is 6.72. The second kappa shape index (κ2) is 5.22. The van der Waals surface area contributed by atoms with E-state index >= 15 is 0 Å². The van der Waals surface area contributed by atoms with Crippen LogP contribution in [0.4, 0.5) is 5.69 Å². The van der Waals surface area contributed by atoms with Crippen LogP contribution >= 0.6 is 27.5 Å². The minimum Gasteiger partial charge on any atom is -0.325 e. The number of rotatable bonds is 2.